The number of non-ortho nitro benzene ring substituents is 1. The molecule has 7 nitrogen and oxygen atoms in total. The summed E-state index contributed by atoms with van der Waals surface area (Å²) in [4.78, 5) is 10.3. The van der Waals surface area contributed by atoms with Crippen molar-refractivity contribution in [1.29, 1.82) is 0 Å². The molecule has 2 N–H and O–H groups in total. The lowest BCUT2D eigenvalue weighted by atomic mass is 10.1. The summed E-state index contributed by atoms with van der Waals surface area (Å²) >= 11 is 8.29. The molecule has 0 saturated heterocycles. The van der Waals surface area contributed by atoms with Gasteiger partial charge in [-0.25, -0.2) is 0 Å². The Balaban J connectivity index is 2.11. The van der Waals surface area contributed by atoms with E-state index in [0.29, 0.717) is 33.2 Å². The minimum Gasteiger partial charge on any atom is -0.455 e. The summed E-state index contributed by atoms with van der Waals surface area (Å²) < 4.78 is 6.22. The van der Waals surface area contributed by atoms with Gasteiger partial charge in [0.25, 0.3) is 5.69 Å². The number of nitrogens with zero attached hydrogens (tertiary/aromatic N) is 2. The van der Waals surface area contributed by atoms with E-state index in [2.05, 4.69) is 31.8 Å². The molecule has 9 heteroatoms. The maximum atomic E-state index is 10.7. The molecular formula is C14H13BrN4O3S. The predicted molar refractivity (Wildman–Crippen MR) is 95.5 cm³/mol. The number of halogens is 1. The monoisotopic (exact) mass is 396 g/mol. The van der Waals surface area contributed by atoms with Crippen LogP contribution >= 0.6 is 28.1 Å². The van der Waals surface area contributed by atoms with Crippen molar-refractivity contribution in [2.75, 3.05) is 6.54 Å². The highest BCUT2D eigenvalue weighted by molar-refractivity contribution is 9.10. The SMILES string of the molecule is CCNC(=S)N/N=C/c1ccc(-c2ccc([N+](=O)[O-])cc2Br)o1. The van der Waals surface area contributed by atoms with Gasteiger partial charge in [0.1, 0.15) is 11.5 Å². The Kier molecular flexibility index (Phi) is 5.83. The number of rotatable bonds is 5. The third kappa shape index (κ3) is 4.60. The molecule has 23 heavy (non-hydrogen) atoms. The van der Waals surface area contributed by atoms with Crippen LogP contribution in [0.5, 0.6) is 0 Å². The van der Waals surface area contributed by atoms with E-state index in [1.165, 1.54) is 18.3 Å². The Hall–Kier alpha value is -2.26. The van der Waals surface area contributed by atoms with Gasteiger partial charge < -0.3 is 9.73 Å². The summed E-state index contributed by atoms with van der Waals surface area (Å²) in [6.07, 6.45) is 1.49. The van der Waals surface area contributed by atoms with E-state index in [4.69, 9.17) is 16.6 Å². The Morgan fingerprint density at radius 1 is 1.48 bits per heavy atom. The average Bonchev–Trinajstić information content (AvgIpc) is 2.96. The second-order valence-corrected chi connectivity index (χ2v) is 5.62. The normalized spacial score (nSPS) is 10.7. The van der Waals surface area contributed by atoms with Crippen LogP contribution in [0.1, 0.15) is 12.7 Å². The van der Waals surface area contributed by atoms with Crippen LogP contribution < -0.4 is 10.7 Å². The van der Waals surface area contributed by atoms with Gasteiger partial charge in [-0.2, -0.15) is 5.10 Å². The van der Waals surface area contributed by atoms with Crippen molar-refractivity contribution in [3.8, 4) is 11.3 Å². The van der Waals surface area contributed by atoms with Gasteiger partial charge in [0.2, 0.25) is 0 Å². The molecule has 0 atom stereocenters. The highest BCUT2D eigenvalue weighted by Gasteiger charge is 2.12. The highest BCUT2D eigenvalue weighted by atomic mass is 79.9. The van der Waals surface area contributed by atoms with Crippen molar-refractivity contribution in [3.63, 3.8) is 0 Å². The molecule has 0 aliphatic rings. The molecule has 0 aliphatic heterocycles. The minimum absolute atomic E-state index is 0.00936. The predicted octanol–water partition coefficient (Wildman–Crippen LogP) is 3.44. The fourth-order valence-corrected chi connectivity index (χ4v) is 2.50. The van der Waals surface area contributed by atoms with Crippen molar-refractivity contribution >= 4 is 45.2 Å². The molecule has 0 bridgehead atoms. The Morgan fingerprint density at radius 2 is 2.26 bits per heavy atom. The molecule has 1 heterocycles. The number of thiocarbonyl (C=S) groups is 1. The van der Waals surface area contributed by atoms with Crippen molar-refractivity contribution < 1.29 is 9.34 Å². The van der Waals surface area contributed by atoms with Crippen LogP contribution in [-0.4, -0.2) is 22.8 Å². The third-order valence-electron chi connectivity index (χ3n) is 2.75. The smallest absolute Gasteiger partial charge is 0.270 e. The lowest BCUT2D eigenvalue weighted by molar-refractivity contribution is -0.384. The molecular weight excluding hydrogens is 384 g/mol. The van der Waals surface area contributed by atoms with Crippen LogP contribution in [0, 0.1) is 10.1 Å². The van der Waals surface area contributed by atoms with Gasteiger partial charge in [-0.3, -0.25) is 15.5 Å². The fraction of sp³-hybridized carbons (Fsp3) is 0.143. The van der Waals surface area contributed by atoms with Crippen LogP contribution in [0.4, 0.5) is 5.69 Å². The van der Waals surface area contributed by atoms with E-state index in [9.17, 15) is 10.1 Å². The topological polar surface area (TPSA) is 92.7 Å². The van der Waals surface area contributed by atoms with Gasteiger partial charge in [-0.1, -0.05) is 0 Å². The number of nitro groups is 1. The summed E-state index contributed by atoms with van der Waals surface area (Å²) in [6, 6.07) is 7.98. The minimum atomic E-state index is -0.451. The lowest BCUT2D eigenvalue weighted by Crippen LogP contribution is -2.31. The summed E-state index contributed by atoms with van der Waals surface area (Å²) in [5, 5.41) is 18.0. The molecule has 2 rings (SSSR count). The molecule has 0 amide bonds. The van der Waals surface area contributed by atoms with Crippen molar-refractivity contribution in [2.45, 2.75) is 6.92 Å². The molecule has 2 aromatic rings. The van der Waals surface area contributed by atoms with Crippen molar-refractivity contribution in [3.05, 3.63) is 50.7 Å². The summed E-state index contributed by atoms with van der Waals surface area (Å²) in [7, 11) is 0. The van der Waals surface area contributed by atoms with Crippen LogP contribution in [0.25, 0.3) is 11.3 Å². The van der Waals surface area contributed by atoms with E-state index in [-0.39, 0.29) is 5.69 Å². The van der Waals surface area contributed by atoms with Gasteiger partial charge in [0.05, 0.1) is 11.1 Å². The Bertz CT molecular complexity index is 760. The van der Waals surface area contributed by atoms with E-state index >= 15 is 0 Å². The zero-order valence-electron chi connectivity index (χ0n) is 12.1. The number of furan rings is 1. The van der Waals surface area contributed by atoms with Crippen LogP contribution in [0.2, 0.25) is 0 Å². The molecule has 0 radical (unpaired) electrons. The first kappa shape index (κ1) is 17.1. The van der Waals surface area contributed by atoms with E-state index < -0.39 is 4.92 Å². The van der Waals surface area contributed by atoms with Gasteiger partial charge in [0, 0.05) is 28.7 Å². The molecule has 0 saturated carbocycles. The first-order chi connectivity index (χ1) is 11.0. The second kappa shape index (κ2) is 7.84. The molecule has 1 aromatic heterocycles. The molecule has 0 unspecified atom stereocenters. The first-order valence-corrected chi connectivity index (χ1v) is 7.82. The van der Waals surface area contributed by atoms with Crippen molar-refractivity contribution in [1.82, 2.24) is 10.7 Å². The zero-order valence-corrected chi connectivity index (χ0v) is 14.5. The second-order valence-electron chi connectivity index (χ2n) is 4.35. The standard InChI is InChI=1S/C14H13BrN4O3S/c1-2-16-14(23)18-17-8-10-4-6-13(22-10)11-5-3-9(19(20)21)7-12(11)15/h3-8H,2H2,1H3,(H2,16,18,23)/b17-8+. The molecule has 0 aliphatic carbocycles. The number of nitro benzene ring substituents is 1. The van der Waals surface area contributed by atoms with Crippen LogP contribution in [0.15, 0.2) is 44.3 Å². The quantitative estimate of drug-likeness (QED) is 0.348. The number of hydrazone groups is 1. The Morgan fingerprint density at radius 3 is 2.91 bits per heavy atom. The molecule has 120 valence electrons. The van der Waals surface area contributed by atoms with E-state index in [1.807, 2.05) is 6.92 Å². The molecule has 0 spiro atoms. The summed E-state index contributed by atoms with van der Waals surface area (Å²) in [6.45, 7) is 2.64. The van der Waals surface area contributed by atoms with Crippen LogP contribution in [-0.2, 0) is 0 Å². The number of benzene rings is 1. The summed E-state index contributed by atoms with van der Waals surface area (Å²) in [5.74, 6) is 1.10. The van der Waals surface area contributed by atoms with Gasteiger partial charge in [0.15, 0.2) is 5.11 Å². The zero-order chi connectivity index (χ0) is 16.8. The third-order valence-corrected chi connectivity index (χ3v) is 3.64. The number of nitrogens with one attached hydrogen (secondary N) is 2. The molecule has 0 fully saturated rings. The highest BCUT2D eigenvalue weighted by Crippen LogP contribution is 2.32. The van der Waals surface area contributed by atoms with Gasteiger partial charge >= 0.3 is 0 Å². The van der Waals surface area contributed by atoms with Gasteiger partial charge in [-0.05, 0) is 53.3 Å². The fourth-order valence-electron chi connectivity index (χ4n) is 1.74. The van der Waals surface area contributed by atoms with Gasteiger partial charge in [-0.15, -0.1) is 0 Å². The maximum absolute atomic E-state index is 10.7. The number of hydrogen-bond acceptors (Lipinski definition) is 5. The largest absolute Gasteiger partial charge is 0.455 e. The first-order valence-electron chi connectivity index (χ1n) is 6.62. The average molecular weight is 397 g/mol. The summed E-state index contributed by atoms with van der Waals surface area (Å²) in [5.41, 5.74) is 3.38. The van der Waals surface area contributed by atoms with E-state index in [1.54, 1.807) is 18.2 Å². The van der Waals surface area contributed by atoms with Crippen molar-refractivity contribution in [2.24, 2.45) is 5.10 Å². The van der Waals surface area contributed by atoms with Crippen LogP contribution in [0.3, 0.4) is 0 Å². The lowest BCUT2D eigenvalue weighted by Gasteiger charge is -2.02. The Labute approximate surface area is 146 Å². The number of hydrogen-bond donors (Lipinski definition) is 2. The maximum Gasteiger partial charge on any atom is 0.270 e. The molecule has 1 aromatic carbocycles. The van der Waals surface area contributed by atoms with E-state index in [0.717, 1.165) is 0 Å².